The molecule has 5 rings (SSSR count). The Balaban J connectivity index is 0.00000370. The number of hydrogen-bond acceptors (Lipinski definition) is 6. The van der Waals surface area contributed by atoms with E-state index in [9.17, 15) is 18.0 Å². The predicted octanol–water partition coefficient (Wildman–Crippen LogP) is 6.69. The van der Waals surface area contributed by atoms with Crippen LogP contribution in [0.25, 0.3) is 21.8 Å². The minimum atomic E-state index is -4.39. The Hall–Kier alpha value is -4.28. The standard InChI is InChI=1S/C30H24N2O6S.BrH/c1-20-10-17-23(18-11-20)39(36,37)32(22-15-12-21(13-16-22)14-19-28(33)34)30(35)38-29-24-6-2-4-8-26(24)31-27-9-5-3-7-25(27)29;/h2-13,15-18H,14,19H2,1H3,(H,33,34);1H. The van der Waals surface area contributed by atoms with Gasteiger partial charge in [-0.15, -0.1) is 17.0 Å². The quantitative estimate of drug-likeness (QED) is 0.202. The maximum atomic E-state index is 13.8. The number of aliphatic carboxylic acids is 1. The molecule has 0 unspecified atom stereocenters. The zero-order valence-corrected chi connectivity index (χ0v) is 23.9. The first kappa shape index (κ1) is 28.7. The smallest absolute Gasteiger partial charge is 0.434 e. The zero-order chi connectivity index (χ0) is 27.6. The first-order valence-electron chi connectivity index (χ1n) is 12.2. The minimum absolute atomic E-state index is 0. The molecule has 4 aromatic carbocycles. The van der Waals surface area contributed by atoms with Gasteiger partial charge in [0.15, 0.2) is 5.75 Å². The number of nitrogens with zero attached hydrogens (tertiary/aromatic N) is 2. The average molecular weight is 622 g/mol. The van der Waals surface area contributed by atoms with Gasteiger partial charge in [-0.25, -0.2) is 18.2 Å². The predicted molar refractivity (Wildman–Crippen MR) is 159 cm³/mol. The maximum absolute atomic E-state index is 13.8. The number of rotatable bonds is 7. The number of anilines is 1. The van der Waals surface area contributed by atoms with Crippen LogP contribution in [0.2, 0.25) is 0 Å². The first-order chi connectivity index (χ1) is 18.7. The number of carbonyl (C=O) groups excluding carboxylic acids is 1. The molecule has 0 saturated heterocycles. The van der Waals surface area contributed by atoms with Gasteiger partial charge in [0.05, 0.1) is 21.6 Å². The number of aryl methyl sites for hydroxylation is 2. The molecule has 0 saturated carbocycles. The van der Waals surface area contributed by atoms with Crippen molar-refractivity contribution in [3.05, 3.63) is 108 Å². The molecule has 0 aliphatic carbocycles. The molecule has 0 fully saturated rings. The number of ether oxygens (including phenoxy) is 1. The van der Waals surface area contributed by atoms with Gasteiger partial charge >= 0.3 is 12.1 Å². The van der Waals surface area contributed by atoms with Crippen LogP contribution < -0.4 is 9.04 Å². The number of fused-ring (bicyclic) bond motifs is 2. The molecule has 5 aromatic rings. The van der Waals surface area contributed by atoms with Gasteiger partial charge in [0.25, 0.3) is 10.0 Å². The van der Waals surface area contributed by atoms with Crippen LogP contribution in [0.3, 0.4) is 0 Å². The molecule has 0 atom stereocenters. The number of sulfonamides is 1. The van der Waals surface area contributed by atoms with Gasteiger partial charge in [0, 0.05) is 17.2 Å². The number of carboxylic acid groups (broad SMARTS) is 1. The Morgan fingerprint density at radius 3 is 1.93 bits per heavy atom. The van der Waals surface area contributed by atoms with E-state index in [4.69, 9.17) is 9.84 Å². The van der Waals surface area contributed by atoms with Crippen molar-refractivity contribution >= 4 is 66.6 Å². The normalized spacial score (nSPS) is 11.1. The van der Waals surface area contributed by atoms with Crippen molar-refractivity contribution in [3.8, 4) is 5.75 Å². The molecule has 0 spiro atoms. The molecular weight excluding hydrogens is 596 g/mol. The molecule has 204 valence electrons. The summed E-state index contributed by atoms with van der Waals surface area (Å²) in [6, 6.07) is 26.6. The van der Waals surface area contributed by atoms with E-state index >= 15 is 0 Å². The van der Waals surface area contributed by atoms with Crippen molar-refractivity contribution < 1.29 is 27.9 Å². The highest BCUT2D eigenvalue weighted by molar-refractivity contribution is 8.93. The summed E-state index contributed by atoms with van der Waals surface area (Å²) in [5.41, 5.74) is 2.79. The number of pyridine rings is 1. The third-order valence-corrected chi connectivity index (χ3v) is 7.96. The fourth-order valence-corrected chi connectivity index (χ4v) is 5.57. The number of aromatic nitrogens is 1. The van der Waals surface area contributed by atoms with E-state index in [1.807, 2.05) is 19.1 Å². The summed E-state index contributed by atoms with van der Waals surface area (Å²) in [7, 11) is -4.39. The van der Waals surface area contributed by atoms with E-state index in [-0.39, 0.29) is 46.2 Å². The van der Waals surface area contributed by atoms with Gasteiger partial charge in [-0.3, -0.25) is 4.79 Å². The molecule has 0 aliphatic rings. The Kier molecular flexibility index (Phi) is 8.51. The monoisotopic (exact) mass is 620 g/mol. The molecular formula is C30H25BrN2O6S. The Labute approximate surface area is 241 Å². The fraction of sp³-hybridized carbons (Fsp3) is 0.100. The summed E-state index contributed by atoms with van der Waals surface area (Å²) in [4.78, 5) is 29.3. The second-order valence-corrected chi connectivity index (χ2v) is 10.8. The summed E-state index contributed by atoms with van der Waals surface area (Å²) in [6.45, 7) is 1.83. The van der Waals surface area contributed by atoms with Gasteiger partial charge in [-0.1, -0.05) is 54.1 Å². The van der Waals surface area contributed by atoms with Crippen LogP contribution in [0.5, 0.6) is 5.75 Å². The molecule has 1 heterocycles. The van der Waals surface area contributed by atoms with Gasteiger partial charge in [-0.2, -0.15) is 4.31 Å². The van der Waals surface area contributed by atoms with Crippen molar-refractivity contribution in [2.24, 2.45) is 0 Å². The molecule has 1 amide bonds. The summed E-state index contributed by atoms with van der Waals surface area (Å²) < 4.78 is 34.2. The van der Waals surface area contributed by atoms with Crippen LogP contribution in [0.4, 0.5) is 10.5 Å². The Morgan fingerprint density at radius 2 is 1.38 bits per heavy atom. The highest BCUT2D eigenvalue weighted by atomic mass is 79.9. The molecule has 1 N–H and O–H groups in total. The van der Waals surface area contributed by atoms with Crippen molar-refractivity contribution in [2.75, 3.05) is 4.31 Å². The molecule has 1 aromatic heterocycles. The third-order valence-electron chi connectivity index (χ3n) is 6.25. The van der Waals surface area contributed by atoms with E-state index in [1.165, 1.54) is 24.3 Å². The van der Waals surface area contributed by atoms with Gasteiger partial charge in [-0.05, 0) is 67.4 Å². The number of hydrogen-bond donors (Lipinski definition) is 1. The van der Waals surface area contributed by atoms with E-state index in [0.29, 0.717) is 31.7 Å². The van der Waals surface area contributed by atoms with E-state index in [0.717, 1.165) is 5.56 Å². The highest BCUT2D eigenvalue weighted by Crippen LogP contribution is 2.34. The van der Waals surface area contributed by atoms with E-state index in [1.54, 1.807) is 60.7 Å². The minimum Gasteiger partial charge on any atom is -0.481 e. The van der Waals surface area contributed by atoms with Crippen LogP contribution >= 0.6 is 17.0 Å². The number of benzene rings is 4. The average Bonchev–Trinajstić information content (AvgIpc) is 2.92. The summed E-state index contributed by atoms with van der Waals surface area (Å²) in [5.74, 6) is -0.744. The molecule has 10 heteroatoms. The van der Waals surface area contributed by atoms with Gasteiger partial charge in [0.2, 0.25) is 0 Å². The molecule has 0 radical (unpaired) electrons. The topological polar surface area (TPSA) is 114 Å². The highest BCUT2D eigenvalue weighted by Gasteiger charge is 2.33. The lowest BCUT2D eigenvalue weighted by Gasteiger charge is -2.23. The SMILES string of the molecule is Br.Cc1ccc(S(=O)(=O)N(C(=O)Oc2c3ccccc3nc3ccccc23)c2ccc(CCC(=O)O)cc2)cc1. The maximum Gasteiger partial charge on any atom is 0.434 e. The van der Waals surface area contributed by atoms with Crippen LogP contribution in [0.1, 0.15) is 17.5 Å². The summed E-state index contributed by atoms with van der Waals surface area (Å²) >= 11 is 0. The van der Waals surface area contributed by atoms with Crippen molar-refractivity contribution in [1.29, 1.82) is 0 Å². The number of para-hydroxylation sites is 2. The van der Waals surface area contributed by atoms with Crippen LogP contribution in [0.15, 0.2) is 102 Å². The molecule has 8 nitrogen and oxygen atoms in total. The fourth-order valence-electron chi connectivity index (χ4n) is 4.25. The van der Waals surface area contributed by atoms with Crippen LogP contribution in [-0.4, -0.2) is 30.6 Å². The lowest BCUT2D eigenvalue weighted by molar-refractivity contribution is -0.136. The largest absolute Gasteiger partial charge is 0.481 e. The third kappa shape index (κ3) is 5.83. The molecule has 40 heavy (non-hydrogen) atoms. The van der Waals surface area contributed by atoms with E-state index < -0.39 is 22.1 Å². The molecule has 0 bridgehead atoms. The number of carboxylic acids is 1. The second-order valence-electron chi connectivity index (χ2n) is 8.99. The molecule has 0 aliphatic heterocycles. The van der Waals surface area contributed by atoms with Crippen LogP contribution in [-0.2, 0) is 21.2 Å². The number of amides is 1. The van der Waals surface area contributed by atoms with Gasteiger partial charge < -0.3 is 9.84 Å². The zero-order valence-electron chi connectivity index (χ0n) is 21.4. The lowest BCUT2D eigenvalue weighted by atomic mass is 10.1. The van der Waals surface area contributed by atoms with Crippen molar-refractivity contribution in [3.63, 3.8) is 0 Å². The second kappa shape index (κ2) is 11.8. The first-order valence-corrected chi connectivity index (χ1v) is 13.6. The Bertz CT molecular complexity index is 1750. The number of halogens is 1. The number of carbonyl (C=O) groups is 2. The summed E-state index contributed by atoms with van der Waals surface area (Å²) in [6.07, 6.45) is -0.926. The van der Waals surface area contributed by atoms with Crippen LogP contribution in [0, 0.1) is 6.92 Å². The van der Waals surface area contributed by atoms with E-state index in [2.05, 4.69) is 4.98 Å². The Morgan fingerprint density at radius 1 is 0.825 bits per heavy atom. The van der Waals surface area contributed by atoms with Crippen molar-refractivity contribution in [1.82, 2.24) is 4.98 Å². The van der Waals surface area contributed by atoms with Crippen molar-refractivity contribution in [2.45, 2.75) is 24.7 Å². The summed E-state index contributed by atoms with van der Waals surface area (Å²) in [5, 5.41) is 10.1. The van der Waals surface area contributed by atoms with Gasteiger partial charge in [0.1, 0.15) is 0 Å². The lowest BCUT2D eigenvalue weighted by Crippen LogP contribution is -2.39.